The molecule has 0 saturated carbocycles. The lowest BCUT2D eigenvalue weighted by atomic mass is 10.1. The van der Waals surface area contributed by atoms with E-state index in [4.69, 9.17) is 9.47 Å². The first-order chi connectivity index (χ1) is 9.25. The van der Waals surface area contributed by atoms with Crippen molar-refractivity contribution in [1.29, 1.82) is 0 Å². The van der Waals surface area contributed by atoms with Gasteiger partial charge in [0.05, 0.1) is 19.3 Å². The molecule has 0 amide bonds. The number of halogens is 1. The van der Waals surface area contributed by atoms with Crippen molar-refractivity contribution in [1.82, 2.24) is 4.90 Å². The standard InChI is InChI=1S/C14H16BrNO3/c15-11-4-2-1-3-10(11)13-9-16(6-8-18-13)12-5-7-19-14(12)17/h1-4,12-13H,5-9H2. The van der Waals surface area contributed by atoms with Gasteiger partial charge in [-0.1, -0.05) is 34.1 Å². The fourth-order valence-electron chi connectivity index (χ4n) is 2.69. The molecule has 102 valence electrons. The van der Waals surface area contributed by atoms with Crippen LogP contribution in [0.2, 0.25) is 0 Å². The summed E-state index contributed by atoms with van der Waals surface area (Å²) in [5, 5.41) is 0. The molecule has 4 nitrogen and oxygen atoms in total. The van der Waals surface area contributed by atoms with E-state index in [-0.39, 0.29) is 18.1 Å². The minimum absolute atomic E-state index is 0.0118. The molecule has 0 aromatic heterocycles. The zero-order chi connectivity index (χ0) is 13.2. The van der Waals surface area contributed by atoms with E-state index in [9.17, 15) is 4.79 Å². The number of ether oxygens (including phenoxy) is 2. The summed E-state index contributed by atoms with van der Waals surface area (Å²) in [6.07, 6.45) is 0.805. The minimum Gasteiger partial charge on any atom is -0.464 e. The molecular formula is C14H16BrNO3. The highest BCUT2D eigenvalue weighted by Crippen LogP contribution is 2.30. The van der Waals surface area contributed by atoms with Gasteiger partial charge in [-0.15, -0.1) is 0 Å². The van der Waals surface area contributed by atoms with E-state index < -0.39 is 0 Å². The number of carbonyl (C=O) groups excluding carboxylic acids is 1. The maximum atomic E-state index is 11.7. The molecule has 2 saturated heterocycles. The highest BCUT2D eigenvalue weighted by atomic mass is 79.9. The lowest BCUT2D eigenvalue weighted by Gasteiger charge is -2.35. The second-order valence-electron chi connectivity index (χ2n) is 4.85. The van der Waals surface area contributed by atoms with Crippen molar-refractivity contribution in [3.8, 4) is 0 Å². The third-order valence-electron chi connectivity index (χ3n) is 3.70. The van der Waals surface area contributed by atoms with Crippen LogP contribution in [0.4, 0.5) is 0 Å². The summed E-state index contributed by atoms with van der Waals surface area (Å²) in [5.41, 5.74) is 1.14. The van der Waals surface area contributed by atoms with E-state index in [0.29, 0.717) is 13.2 Å². The van der Waals surface area contributed by atoms with Crippen LogP contribution in [0, 0.1) is 0 Å². The molecule has 2 unspecified atom stereocenters. The molecule has 2 fully saturated rings. The second kappa shape index (κ2) is 5.61. The predicted octanol–water partition coefficient (Wildman–Crippen LogP) is 2.14. The van der Waals surface area contributed by atoms with E-state index in [1.54, 1.807) is 0 Å². The van der Waals surface area contributed by atoms with Gasteiger partial charge in [-0.05, 0) is 11.6 Å². The number of hydrogen-bond acceptors (Lipinski definition) is 4. The van der Waals surface area contributed by atoms with Crippen molar-refractivity contribution in [2.75, 3.05) is 26.3 Å². The minimum atomic E-state index is -0.0900. The number of hydrogen-bond donors (Lipinski definition) is 0. The van der Waals surface area contributed by atoms with Crippen LogP contribution < -0.4 is 0 Å². The smallest absolute Gasteiger partial charge is 0.323 e. The molecule has 1 aromatic rings. The average Bonchev–Trinajstić information content (AvgIpc) is 2.86. The lowest BCUT2D eigenvalue weighted by Crippen LogP contribution is -2.46. The van der Waals surface area contributed by atoms with Crippen molar-refractivity contribution in [3.05, 3.63) is 34.3 Å². The summed E-state index contributed by atoms with van der Waals surface area (Å²) < 4.78 is 12.0. The van der Waals surface area contributed by atoms with Gasteiger partial charge in [0.1, 0.15) is 6.04 Å². The summed E-state index contributed by atoms with van der Waals surface area (Å²) in [7, 11) is 0. The molecule has 0 spiro atoms. The van der Waals surface area contributed by atoms with Crippen molar-refractivity contribution < 1.29 is 14.3 Å². The van der Waals surface area contributed by atoms with Crippen molar-refractivity contribution in [2.24, 2.45) is 0 Å². The Morgan fingerprint density at radius 2 is 2.11 bits per heavy atom. The Kier molecular flexibility index (Phi) is 3.86. The first-order valence-corrected chi connectivity index (χ1v) is 7.32. The van der Waals surface area contributed by atoms with Gasteiger partial charge in [-0.3, -0.25) is 9.69 Å². The Morgan fingerprint density at radius 3 is 2.84 bits per heavy atom. The van der Waals surface area contributed by atoms with Crippen LogP contribution in [0.25, 0.3) is 0 Å². The molecule has 0 radical (unpaired) electrons. The third-order valence-corrected chi connectivity index (χ3v) is 4.42. The molecule has 2 heterocycles. The van der Waals surface area contributed by atoms with Crippen LogP contribution in [-0.4, -0.2) is 43.2 Å². The first-order valence-electron chi connectivity index (χ1n) is 6.52. The fraction of sp³-hybridized carbons (Fsp3) is 0.500. The van der Waals surface area contributed by atoms with Crippen LogP contribution in [0.3, 0.4) is 0 Å². The van der Waals surface area contributed by atoms with Crippen molar-refractivity contribution in [3.63, 3.8) is 0 Å². The molecule has 2 atom stereocenters. The highest BCUT2D eigenvalue weighted by Gasteiger charge is 2.36. The van der Waals surface area contributed by atoms with Gasteiger partial charge in [0.25, 0.3) is 0 Å². The molecule has 0 aliphatic carbocycles. The van der Waals surface area contributed by atoms with E-state index in [2.05, 4.69) is 26.9 Å². The Balaban J connectivity index is 1.75. The lowest BCUT2D eigenvalue weighted by molar-refractivity contribution is -0.144. The van der Waals surface area contributed by atoms with Gasteiger partial charge in [0.2, 0.25) is 0 Å². The average molecular weight is 326 g/mol. The first kappa shape index (κ1) is 13.1. The number of morpholine rings is 1. The van der Waals surface area contributed by atoms with Crippen LogP contribution in [0.5, 0.6) is 0 Å². The van der Waals surface area contributed by atoms with Crippen LogP contribution in [-0.2, 0) is 14.3 Å². The molecular weight excluding hydrogens is 310 g/mol. The highest BCUT2D eigenvalue weighted by molar-refractivity contribution is 9.10. The molecule has 2 aliphatic heterocycles. The van der Waals surface area contributed by atoms with E-state index >= 15 is 0 Å². The zero-order valence-corrected chi connectivity index (χ0v) is 12.1. The zero-order valence-electron chi connectivity index (χ0n) is 10.5. The molecule has 0 bridgehead atoms. The summed E-state index contributed by atoms with van der Waals surface area (Å²) in [6, 6.07) is 7.98. The summed E-state index contributed by atoms with van der Waals surface area (Å²) >= 11 is 3.56. The topological polar surface area (TPSA) is 38.8 Å². The SMILES string of the molecule is O=C1OCCC1N1CCOC(c2ccccc2Br)C1. The maximum absolute atomic E-state index is 11.7. The van der Waals surface area contributed by atoms with E-state index in [0.717, 1.165) is 29.5 Å². The number of esters is 1. The maximum Gasteiger partial charge on any atom is 0.323 e. The van der Waals surface area contributed by atoms with Gasteiger partial charge in [-0.25, -0.2) is 0 Å². The second-order valence-corrected chi connectivity index (χ2v) is 5.70. The normalized spacial score (nSPS) is 28.4. The number of carbonyl (C=O) groups is 1. The number of benzene rings is 1. The molecule has 5 heteroatoms. The number of nitrogens with zero attached hydrogens (tertiary/aromatic N) is 1. The van der Waals surface area contributed by atoms with Gasteiger partial charge in [0, 0.05) is 24.0 Å². The Labute approximate surface area is 120 Å². The monoisotopic (exact) mass is 325 g/mol. The summed E-state index contributed by atoms with van der Waals surface area (Å²) in [6.45, 7) is 2.72. The van der Waals surface area contributed by atoms with Crippen molar-refractivity contribution in [2.45, 2.75) is 18.6 Å². The molecule has 2 aliphatic rings. The van der Waals surface area contributed by atoms with E-state index in [1.807, 2.05) is 18.2 Å². The largest absolute Gasteiger partial charge is 0.464 e. The number of cyclic esters (lactones) is 1. The van der Waals surface area contributed by atoms with Crippen molar-refractivity contribution >= 4 is 21.9 Å². The fourth-order valence-corrected chi connectivity index (χ4v) is 3.23. The van der Waals surface area contributed by atoms with Crippen LogP contribution >= 0.6 is 15.9 Å². The Hall–Kier alpha value is -0.910. The molecule has 19 heavy (non-hydrogen) atoms. The predicted molar refractivity (Wildman–Crippen MR) is 73.8 cm³/mol. The summed E-state index contributed by atoms with van der Waals surface area (Å²) in [5.74, 6) is -0.0900. The Morgan fingerprint density at radius 1 is 1.26 bits per heavy atom. The van der Waals surface area contributed by atoms with Crippen LogP contribution in [0.1, 0.15) is 18.1 Å². The summed E-state index contributed by atoms with van der Waals surface area (Å²) in [4.78, 5) is 13.9. The van der Waals surface area contributed by atoms with Gasteiger partial charge >= 0.3 is 5.97 Å². The molecule has 1 aromatic carbocycles. The van der Waals surface area contributed by atoms with Gasteiger partial charge in [0.15, 0.2) is 0 Å². The van der Waals surface area contributed by atoms with Gasteiger partial charge in [-0.2, -0.15) is 0 Å². The molecule has 0 N–H and O–H groups in total. The van der Waals surface area contributed by atoms with E-state index in [1.165, 1.54) is 0 Å². The van der Waals surface area contributed by atoms with Crippen LogP contribution in [0.15, 0.2) is 28.7 Å². The number of rotatable bonds is 2. The Bertz CT molecular complexity index is 480. The third kappa shape index (κ3) is 2.68. The molecule has 3 rings (SSSR count). The van der Waals surface area contributed by atoms with Gasteiger partial charge < -0.3 is 9.47 Å². The quantitative estimate of drug-likeness (QED) is 0.781.